The van der Waals surface area contributed by atoms with Gasteiger partial charge in [-0.1, -0.05) is 12.1 Å². The summed E-state index contributed by atoms with van der Waals surface area (Å²) < 4.78 is 0. The molecule has 1 fully saturated rings. The lowest BCUT2D eigenvalue weighted by molar-refractivity contribution is 0.183. The van der Waals surface area contributed by atoms with E-state index in [1.165, 1.54) is 16.8 Å². The molecule has 94 valence electrons. The number of nitrogens with one attached hydrogen (secondary N) is 1. The number of aryl methyl sites for hydroxylation is 2. The predicted octanol–water partition coefficient (Wildman–Crippen LogP) is 1.46. The highest BCUT2D eigenvalue weighted by molar-refractivity contribution is 5.55. The zero-order valence-electron chi connectivity index (χ0n) is 10.9. The highest BCUT2D eigenvalue weighted by Gasteiger charge is 2.20. The van der Waals surface area contributed by atoms with Gasteiger partial charge in [-0.25, -0.2) is 0 Å². The number of nitrogens with zero attached hydrogens (tertiary/aromatic N) is 1. The average molecular weight is 234 g/mol. The third-order valence-corrected chi connectivity index (χ3v) is 3.33. The third-order valence-electron chi connectivity index (χ3n) is 3.33. The summed E-state index contributed by atoms with van der Waals surface area (Å²) in [6, 6.07) is 6.90. The molecule has 17 heavy (non-hydrogen) atoms. The van der Waals surface area contributed by atoms with E-state index in [0.29, 0.717) is 19.1 Å². The van der Waals surface area contributed by atoms with Crippen LogP contribution < -0.4 is 10.2 Å². The molecule has 1 aliphatic heterocycles. The average Bonchev–Trinajstić information content (AvgIpc) is 2.44. The smallest absolute Gasteiger partial charge is 0.0839 e. The summed E-state index contributed by atoms with van der Waals surface area (Å²) in [6.45, 7) is 8.74. The molecule has 0 radical (unpaired) electrons. The number of aliphatic hydroxyl groups excluding tert-OH is 1. The number of aliphatic hydroxyl groups is 1. The number of anilines is 1. The Labute approximate surface area is 103 Å². The Kier molecular flexibility index (Phi) is 3.69. The minimum atomic E-state index is -0.292. The second-order valence-corrected chi connectivity index (χ2v) is 5.16. The van der Waals surface area contributed by atoms with E-state index in [9.17, 15) is 5.11 Å². The Bertz CT molecular complexity index is 380. The van der Waals surface area contributed by atoms with Crippen molar-refractivity contribution in [3.05, 3.63) is 29.3 Å². The van der Waals surface area contributed by atoms with Crippen LogP contribution in [0.1, 0.15) is 18.1 Å². The van der Waals surface area contributed by atoms with Gasteiger partial charge in [0.05, 0.1) is 6.10 Å². The Balaban J connectivity index is 2.27. The van der Waals surface area contributed by atoms with E-state index < -0.39 is 0 Å². The van der Waals surface area contributed by atoms with Crippen LogP contribution in [-0.4, -0.2) is 36.9 Å². The van der Waals surface area contributed by atoms with Crippen molar-refractivity contribution in [3.8, 4) is 0 Å². The van der Waals surface area contributed by atoms with Crippen molar-refractivity contribution >= 4 is 5.69 Å². The standard InChI is InChI=1S/C14H22N2O/c1-10-4-5-11(2)14(6-10)16-8-12(3)15-7-13(17)9-16/h4-6,12-13,15,17H,7-9H2,1-3H3. The quantitative estimate of drug-likeness (QED) is 0.772. The summed E-state index contributed by atoms with van der Waals surface area (Å²) in [5.41, 5.74) is 3.79. The van der Waals surface area contributed by atoms with Crippen LogP contribution in [0.3, 0.4) is 0 Å². The van der Waals surface area contributed by atoms with E-state index in [0.717, 1.165) is 6.54 Å². The summed E-state index contributed by atoms with van der Waals surface area (Å²) in [7, 11) is 0. The maximum Gasteiger partial charge on any atom is 0.0839 e. The van der Waals surface area contributed by atoms with Gasteiger partial charge in [0.1, 0.15) is 0 Å². The highest BCUT2D eigenvalue weighted by atomic mass is 16.3. The Morgan fingerprint density at radius 3 is 2.82 bits per heavy atom. The zero-order chi connectivity index (χ0) is 12.4. The SMILES string of the molecule is Cc1ccc(C)c(N2CC(O)CNC(C)C2)c1. The Morgan fingerprint density at radius 1 is 1.29 bits per heavy atom. The molecule has 0 bridgehead atoms. The lowest BCUT2D eigenvalue weighted by Gasteiger charge is -2.27. The van der Waals surface area contributed by atoms with Crippen LogP contribution >= 0.6 is 0 Å². The van der Waals surface area contributed by atoms with E-state index >= 15 is 0 Å². The monoisotopic (exact) mass is 234 g/mol. The molecule has 2 rings (SSSR count). The van der Waals surface area contributed by atoms with Crippen molar-refractivity contribution < 1.29 is 5.11 Å². The van der Waals surface area contributed by atoms with Gasteiger partial charge in [0.2, 0.25) is 0 Å². The van der Waals surface area contributed by atoms with Crippen molar-refractivity contribution in [1.82, 2.24) is 5.32 Å². The summed E-state index contributed by atoms with van der Waals surface area (Å²) in [5.74, 6) is 0. The van der Waals surface area contributed by atoms with Gasteiger partial charge in [-0.15, -0.1) is 0 Å². The van der Waals surface area contributed by atoms with Crippen LogP contribution in [0, 0.1) is 13.8 Å². The molecule has 0 amide bonds. The summed E-state index contributed by atoms with van der Waals surface area (Å²) in [5, 5.41) is 13.2. The fraction of sp³-hybridized carbons (Fsp3) is 0.571. The minimum Gasteiger partial charge on any atom is -0.390 e. The largest absolute Gasteiger partial charge is 0.390 e. The number of hydrogen-bond acceptors (Lipinski definition) is 3. The summed E-state index contributed by atoms with van der Waals surface area (Å²) >= 11 is 0. The van der Waals surface area contributed by atoms with Crippen molar-refractivity contribution in [2.45, 2.75) is 32.9 Å². The molecule has 0 spiro atoms. The first-order valence-corrected chi connectivity index (χ1v) is 6.30. The molecule has 1 heterocycles. The third kappa shape index (κ3) is 2.99. The van der Waals surface area contributed by atoms with E-state index in [1.54, 1.807) is 0 Å². The lowest BCUT2D eigenvalue weighted by Crippen LogP contribution is -2.35. The first kappa shape index (κ1) is 12.4. The van der Waals surface area contributed by atoms with Crippen molar-refractivity contribution in [1.29, 1.82) is 0 Å². The summed E-state index contributed by atoms with van der Waals surface area (Å²) in [6.07, 6.45) is -0.292. The molecule has 1 saturated heterocycles. The van der Waals surface area contributed by atoms with E-state index in [2.05, 4.69) is 49.2 Å². The molecule has 1 aromatic carbocycles. The van der Waals surface area contributed by atoms with Gasteiger partial charge in [-0.3, -0.25) is 0 Å². The van der Waals surface area contributed by atoms with E-state index in [1.807, 2.05) is 0 Å². The molecular formula is C14H22N2O. The first-order chi connectivity index (χ1) is 8.06. The van der Waals surface area contributed by atoms with Crippen molar-refractivity contribution in [2.75, 3.05) is 24.5 Å². The fourth-order valence-corrected chi connectivity index (χ4v) is 2.38. The summed E-state index contributed by atoms with van der Waals surface area (Å²) in [4.78, 5) is 2.29. The molecule has 2 unspecified atom stereocenters. The number of β-amino-alcohol motifs (C(OH)–C–C–N with tert-alkyl or cyclic N) is 1. The van der Waals surface area contributed by atoms with E-state index in [-0.39, 0.29) is 6.10 Å². The van der Waals surface area contributed by atoms with Gasteiger partial charge in [-0.05, 0) is 38.0 Å². The minimum absolute atomic E-state index is 0.292. The molecule has 3 heteroatoms. The van der Waals surface area contributed by atoms with Gasteiger partial charge in [0.15, 0.2) is 0 Å². The van der Waals surface area contributed by atoms with Gasteiger partial charge >= 0.3 is 0 Å². The van der Waals surface area contributed by atoms with Crippen LogP contribution in [0.15, 0.2) is 18.2 Å². The predicted molar refractivity (Wildman–Crippen MR) is 71.6 cm³/mol. The molecule has 1 aliphatic rings. The zero-order valence-corrected chi connectivity index (χ0v) is 10.9. The van der Waals surface area contributed by atoms with Crippen molar-refractivity contribution in [2.24, 2.45) is 0 Å². The maximum absolute atomic E-state index is 9.89. The Morgan fingerprint density at radius 2 is 2.06 bits per heavy atom. The number of rotatable bonds is 1. The molecule has 0 aliphatic carbocycles. The van der Waals surface area contributed by atoms with Gasteiger partial charge < -0.3 is 15.3 Å². The fourth-order valence-electron chi connectivity index (χ4n) is 2.38. The van der Waals surface area contributed by atoms with Crippen LogP contribution in [0.4, 0.5) is 5.69 Å². The topological polar surface area (TPSA) is 35.5 Å². The molecule has 2 N–H and O–H groups in total. The van der Waals surface area contributed by atoms with Gasteiger partial charge in [-0.2, -0.15) is 0 Å². The number of hydrogen-bond donors (Lipinski definition) is 2. The Hall–Kier alpha value is -1.06. The van der Waals surface area contributed by atoms with E-state index in [4.69, 9.17) is 0 Å². The molecule has 0 saturated carbocycles. The van der Waals surface area contributed by atoms with Crippen LogP contribution in [0.25, 0.3) is 0 Å². The number of benzene rings is 1. The molecule has 3 nitrogen and oxygen atoms in total. The highest BCUT2D eigenvalue weighted by Crippen LogP contribution is 2.22. The molecule has 2 atom stereocenters. The van der Waals surface area contributed by atoms with Crippen molar-refractivity contribution in [3.63, 3.8) is 0 Å². The van der Waals surface area contributed by atoms with Crippen LogP contribution in [0.5, 0.6) is 0 Å². The van der Waals surface area contributed by atoms with Crippen LogP contribution in [0.2, 0.25) is 0 Å². The van der Waals surface area contributed by atoms with Crippen LogP contribution in [-0.2, 0) is 0 Å². The first-order valence-electron chi connectivity index (χ1n) is 6.30. The lowest BCUT2D eigenvalue weighted by atomic mass is 10.1. The second-order valence-electron chi connectivity index (χ2n) is 5.16. The molecule has 0 aromatic heterocycles. The van der Waals surface area contributed by atoms with Gasteiger partial charge in [0, 0.05) is 31.4 Å². The van der Waals surface area contributed by atoms with Gasteiger partial charge in [0.25, 0.3) is 0 Å². The molecular weight excluding hydrogens is 212 g/mol. The molecule has 1 aromatic rings. The maximum atomic E-state index is 9.89. The normalized spacial score (nSPS) is 25.8. The second kappa shape index (κ2) is 5.07.